The van der Waals surface area contributed by atoms with Gasteiger partial charge in [0.15, 0.2) is 0 Å². The molecule has 106 valence electrons. The van der Waals surface area contributed by atoms with Crippen LogP contribution in [0.15, 0.2) is 16.5 Å². The SMILES string of the molecule is OCc1ccc(CN2CCN(C3CCCC3)CC2)o1. The maximum absolute atomic E-state index is 9.00. The first-order valence-electron chi connectivity index (χ1n) is 7.50. The van der Waals surface area contributed by atoms with Crippen molar-refractivity contribution in [3.63, 3.8) is 0 Å². The molecule has 3 rings (SSSR count). The lowest BCUT2D eigenvalue weighted by atomic mass is 10.2. The molecule has 0 bridgehead atoms. The van der Waals surface area contributed by atoms with Crippen LogP contribution >= 0.6 is 0 Å². The van der Waals surface area contributed by atoms with Crippen LogP contribution < -0.4 is 0 Å². The average Bonchev–Trinajstić information content (AvgIpc) is 3.10. The summed E-state index contributed by atoms with van der Waals surface area (Å²) in [5, 5.41) is 9.00. The molecule has 0 aromatic carbocycles. The summed E-state index contributed by atoms with van der Waals surface area (Å²) in [6.45, 7) is 5.52. The number of hydrogen-bond donors (Lipinski definition) is 1. The van der Waals surface area contributed by atoms with Gasteiger partial charge < -0.3 is 9.52 Å². The van der Waals surface area contributed by atoms with E-state index >= 15 is 0 Å². The Bertz CT molecular complexity index is 391. The lowest BCUT2D eigenvalue weighted by molar-refractivity contribution is 0.0886. The Labute approximate surface area is 115 Å². The Morgan fingerprint density at radius 1 is 1.05 bits per heavy atom. The summed E-state index contributed by atoms with van der Waals surface area (Å²) in [7, 11) is 0. The predicted molar refractivity (Wildman–Crippen MR) is 73.7 cm³/mol. The first-order valence-corrected chi connectivity index (χ1v) is 7.50. The van der Waals surface area contributed by atoms with Crippen LogP contribution in [0.4, 0.5) is 0 Å². The Balaban J connectivity index is 1.47. The molecule has 4 nitrogen and oxygen atoms in total. The van der Waals surface area contributed by atoms with E-state index in [2.05, 4.69) is 9.80 Å². The fourth-order valence-electron chi connectivity index (χ4n) is 3.37. The number of piperazine rings is 1. The van der Waals surface area contributed by atoms with Gasteiger partial charge in [-0.3, -0.25) is 9.80 Å². The van der Waals surface area contributed by atoms with Crippen molar-refractivity contribution in [1.29, 1.82) is 0 Å². The van der Waals surface area contributed by atoms with Crippen molar-refractivity contribution in [3.8, 4) is 0 Å². The molecule has 1 aromatic heterocycles. The summed E-state index contributed by atoms with van der Waals surface area (Å²) in [4.78, 5) is 5.12. The number of nitrogens with zero attached hydrogens (tertiary/aromatic N) is 2. The average molecular weight is 264 g/mol. The van der Waals surface area contributed by atoms with Crippen molar-refractivity contribution in [3.05, 3.63) is 23.7 Å². The molecule has 19 heavy (non-hydrogen) atoms. The first kappa shape index (κ1) is 13.2. The van der Waals surface area contributed by atoms with E-state index in [0.29, 0.717) is 5.76 Å². The second-order valence-corrected chi connectivity index (χ2v) is 5.78. The molecular weight excluding hydrogens is 240 g/mol. The van der Waals surface area contributed by atoms with Crippen LogP contribution in [0.3, 0.4) is 0 Å². The van der Waals surface area contributed by atoms with Crippen LogP contribution in [0.2, 0.25) is 0 Å². The molecule has 0 atom stereocenters. The second-order valence-electron chi connectivity index (χ2n) is 5.78. The minimum atomic E-state index is -0.00451. The van der Waals surface area contributed by atoms with Gasteiger partial charge in [0, 0.05) is 32.2 Å². The highest BCUT2D eigenvalue weighted by Crippen LogP contribution is 2.24. The highest BCUT2D eigenvalue weighted by atomic mass is 16.4. The smallest absolute Gasteiger partial charge is 0.129 e. The third-order valence-electron chi connectivity index (χ3n) is 4.50. The molecule has 0 amide bonds. The lowest BCUT2D eigenvalue weighted by Gasteiger charge is -2.37. The van der Waals surface area contributed by atoms with Crippen LogP contribution in [0.1, 0.15) is 37.2 Å². The summed E-state index contributed by atoms with van der Waals surface area (Å²) in [5.74, 6) is 1.64. The van der Waals surface area contributed by atoms with Gasteiger partial charge in [0.25, 0.3) is 0 Å². The predicted octanol–water partition coefficient (Wildman–Crippen LogP) is 1.83. The molecular formula is C15H24N2O2. The van der Waals surface area contributed by atoms with Gasteiger partial charge in [0.05, 0.1) is 6.54 Å². The van der Waals surface area contributed by atoms with E-state index in [4.69, 9.17) is 9.52 Å². The van der Waals surface area contributed by atoms with Crippen molar-refractivity contribution >= 4 is 0 Å². The number of furan rings is 1. The number of hydrogen-bond acceptors (Lipinski definition) is 4. The zero-order valence-corrected chi connectivity index (χ0v) is 11.6. The molecule has 0 spiro atoms. The zero-order chi connectivity index (χ0) is 13.1. The van der Waals surface area contributed by atoms with Gasteiger partial charge in [-0.2, -0.15) is 0 Å². The van der Waals surface area contributed by atoms with Gasteiger partial charge >= 0.3 is 0 Å². The van der Waals surface area contributed by atoms with Crippen molar-refractivity contribution in [2.45, 2.75) is 44.9 Å². The van der Waals surface area contributed by atoms with Gasteiger partial charge in [-0.25, -0.2) is 0 Å². The minimum absolute atomic E-state index is 0.00451. The summed E-state index contributed by atoms with van der Waals surface area (Å²) < 4.78 is 5.56. The Morgan fingerprint density at radius 3 is 2.37 bits per heavy atom. The molecule has 1 N–H and O–H groups in total. The second kappa shape index (κ2) is 6.07. The fourth-order valence-corrected chi connectivity index (χ4v) is 3.37. The summed E-state index contributed by atoms with van der Waals surface area (Å²) in [6, 6.07) is 4.70. The molecule has 1 aliphatic carbocycles. The highest BCUT2D eigenvalue weighted by molar-refractivity contribution is 5.06. The molecule has 0 radical (unpaired) electrons. The largest absolute Gasteiger partial charge is 0.462 e. The van der Waals surface area contributed by atoms with Gasteiger partial charge in [-0.05, 0) is 25.0 Å². The first-order chi connectivity index (χ1) is 9.35. The van der Waals surface area contributed by atoms with E-state index in [1.54, 1.807) is 0 Å². The van der Waals surface area contributed by atoms with Crippen LogP contribution in [-0.4, -0.2) is 47.1 Å². The van der Waals surface area contributed by atoms with Gasteiger partial charge in [0.2, 0.25) is 0 Å². The van der Waals surface area contributed by atoms with E-state index in [1.165, 1.54) is 38.8 Å². The van der Waals surface area contributed by atoms with Crippen molar-refractivity contribution in [1.82, 2.24) is 9.80 Å². The monoisotopic (exact) mass is 264 g/mol. The molecule has 2 heterocycles. The topological polar surface area (TPSA) is 39.9 Å². The Kier molecular flexibility index (Phi) is 4.21. The summed E-state index contributed by atoms with van der Waals surface area (Å²) in [5.41, 5.74) is 0. The number of aliphatic hydroxyl groups is 1. The van der Waals surface area contributed by atoms with Crippen molar-refractivity contribution < 1.29 is 9.52 Å². The van der Waals surface area contributed by atoms with Crippen LogP contribution in [0, 0.1) is 0 Å². The summed E-state index contributed by atoms with van der Waals surface area (Å²) >= 11 is 0. The normalized spacial score (nSPS) is 23.2. The van der Waals surface area contributed by atoms with E-state index in [0.717, 1.165) is 31.4 Å². The van der Waals surface area contributed by atoms with E-state index in [1.807, 2.05) is 12.1 Å². The maximum atomic E-state index is 9.00. The van der Waals surface area contributed by atoms with Gasteiger partial charge in [-0.15, -0.1) is 0 Å². The lowest BCUT2D eigenvalue weighted by Crippen LogP contribution is -2.49. The Hall–Kier alpha value is -0.840. The number of aliphatic hydroxyl groups excluding tert-OH is 1. The van der Waals surface area contributed by atoms with Gasteiger partial charge in [-0.1, -0.05) is 12.8 Å². The van der Waals surface area contributed by atoms with Crippen LogP contribution in [-0.2, 0) is 13.2 Å². The molecule has 1 aromatic rings. The molecule has 0 unspecified atom stereocenters. The minimum Gasteiger partial charge on any atom is -0.462 e. The van der Waals surface area contributed by atoms with E-state index in [-0.39, 0.29) is 6.61 Å². The van der Waals surface area contributed by atoms with Crippen molar-refractivity contribution in [2.24, 2.45) is 0 Å². The molecule has 4 heteroatoms. The quantitative estimate of drug-likeness (QED) is 0.900. The summed E-state index contributed by atoms with van der Waals surface area (Å²) in [6.07, 6.45) is 5.64. The zero-order valence-electron chi connectivity index (χ0n) is 11.6. The Morgan fingerprint density at radius 2 is 1.74 bits per heavy atom. The molecule has 1 aliphatic heterocycles. The van der Waals surface area contributed by atoms with E-state index in [9.17, 15) is 0 Å². The fraction of sp³-hybridized carbons (Fsp3) is 0.733. The van der Waals surface area contributed by atoms with Gasteiger partial charge in [0.1, 0.15) is 18.1 Å². The molecule has 2 aliphatic rings. The standard InChI is InChI=1S/C15H24N2O2/c18-12-15-6-5-14(19-15)11-16-7-9-17(10-8-16)13-3-1-2-4-13/h5-6,13,18H,1-4,7-12H2. The third-order valence-corrected chi connectivity index (χ3v) is 4.50. The van der Waals surface area contributed by atoms with E-state index < -0.39 is 0 Å². The van der Waals surface area contributed by atoms with Crippen LogP contribution in [0.5, 0.6) is 0 Å². The van der Waals surface area contributed by atoms with Crippen molar-refractivity contribution in [2.75, 3.05) is 26.2 Å². The van der Waals surface area contributed by atoms with Crippen LogP contribution in [0.25, 0.3) is 0 Å². The molecule has 1 saturated heterocycles. The number of rotatable bonds is 4. The molecule has 1 saturated carbocycles. The maximum Gasteiger partial charge on any atom is 0.129 e. The highest BCUT2D eigenvalue weighted by Gasteiger charge is 2.26. The molecule has 2 fully saturated rings. The third kappa shape index (κ3) is 3.19.